The van der Waals surface area contributed by atoms with Crippen LogP contribution in [0.2, 0.25) is 0 Å². The minimum atomic E-state index is 0. The molecule has 0 aliphatic carbocycles. The van der Waals surface area contributed by atoms with Gasteiger partial charge in [0.2, 0.25) is 5.91 Å². The van der Waals surface area contributed by atoms with Gasteiger partial charge in [0, 0.05) is 18.2 Å². The van der Waals surface area contributed by atoms with Gasteiger partial charge in [-0.3, -0.25) is 4.79 Å². The summed E-state index contributed by atoms with van der Waals surface area (Å²) in [7, 11) is 0. The van der Waals surface area contributed by atoms with Gasteiger partial charge in [-0.1, -0.05) is 17.7 Å². The highest BCUT2D eigenvalue weighted by Crippen LogP contribution is 2.17. The zero-order valence-corrected chi connectivity index (χ0v) is 12.5. The molecule has 1 aliphatic rings. The Morgan fingerprint density at radius 1 is 1.42 bits per heavy atom. The van der Waals surface area contributed by atoms with E-state index in [0.717, 1.165) is 24.2 Å². The molecule has 1 amide bonds. The third kappa shape index (κ3) is 4.84. The fraction of sp³-hybridized carbons (Fsp3) is 0.533. The highest BCUT2D eigenvalue weighted by Gasteiger charge is 2.15. The zero-order chi connectivity index (χ0) is 13.0. The lowest BCUT2D eigenvalue weighted by Gasteiger charge is -2.11. The zero-order valence-electron chi connectivity index (χ0n) is 11.7. The van der Waals surface area contributed by atoms with E-state index in [9.17, 15) is 4.79 Å². The van der Waals surface area contributed by atoms with Gasteiger partial charge in [-0.2, -0.15) is 0 Å². The Morgan fingerprint density at radius 2 is 2.21 bits per heavy atom. The second-order valence-electron chi connectivity index (χ2n) is 5.20. The monoisotopic (exact) mass is 282 g/mol. The predicted molar refractivity (Wildman–Crippen MR) is 82.1 cm³/mol. The number of rotatable bonds is 4. The maximum Gasteiger partial charge on any atom is 0.224 e. The fourth-order valence-corrected chi connectivity index (χ4v) is 2.47. The van der Waals surface area contributed by atoms with E-state index in [2.05, 4.69) is 23.6 Å². The van der Waals surface area contributed by atoms with Gasteiger partial charge in [0.05, 0.1) is 0 Å². The van der Waals surface area contributed by atoms with Crippen molar-refractivity contribution in [3.05, 3.63) is 29.3 Å². The van der Waals surface area contributed by atoms with Crippen molar-refractivity contribution in [1.29, 1.82) is 0 Å². The highest BCUT2D eigenvalue weighted by molar-refractivity contribution is 5.91. The first-order chi connectivity index (χ1) is 8.65. The lowest BCUT2D eigenvalue weighted by atomic mass is 10.1. The number of halogens is 1. The Bertz CT molecular complexity index is 428. The smallest absolute Gasteiger partial charge is 0.224 e. The molecule has 1 aromatic carbocycles. The first kappa shape index (κ1) is 16.0. The summed E-state index contributed by atoms with van der Waals surface area (Å²) in [6.07, 6.45) is 3.99. The van der Waals surface area contributed by atoms with Crippen LogP contribution in [0.25, 0.3) is 0 Å². The van der Waals surface area contributed by atoms with Crippen LogP contribution < -0.4 is 10.6 Å². The number of nitrogens with one attached hydrogen (secondary N) is 2. The van der Waals surface area contributed by atoms with Crippen LogP contribution >= 0.6 is 12.4 Å². The van der Waals surface area contributed by atoms with Gasteiger partial charge in [0.15, 0.2) is 0 Å². The molecule has 1 fully saturated rings. The number of amides is 1. The summed E-state index contributed by atoms with van der Waals surface area (Å²) in [5, 5.41) is 6.41. The van der Waals surface area contributed by atoms with Gasteiger partial charge in [0.1, 0.15) is 0 Å². The molecule has 0 radical (unpaired) electrons. The minimum absolute atomic E-state index is 0. The normalized spacial score (nSPS) is 17.9. The van der Waals surface area contributed by atoms with Gasteiger partial charge in [0.25, 0.3) is 0 Å². The summed E-state index contributed by atoms with van der Waals surface area (Å²) in [4.78, 5) is 11.9. The van der Waals surface area contributed by atoms with Crippen molar-refractivity contribution in [2.45, 2.75) is 45.6 Å². The van der Waals surface area contributed by atoms with Crippen molar-refractivity contribution in [3.8, 4) is 0 Å². The Morgan fingerprint density at radius 3 is 2.84 bits per heavy atom. The Kier molecular flexibility index (Phi) is 6.32. The number of hydrogen-bond acceptors (Lipinski definition) is 2. The molecule has 2 N–H and O–H groups in total. The van der Waals surface area contributed by atoms with E-state index in [4.69, 9.17) is 0 Å². The molecule has 1 heterocycles. The van der Waals surface area contributed by atoms with Gasteiger partial charge in [-0.25, -0.2) is 0 Å². The molecule has 0 saturated carbocycles. The van der Waals surface area contributed by atoms with Crippen LogP contribution in [0.15, 0.2) is 18.2 Å². The molecule has 3 nitrogen and oxygen atoms in total. The molecular weight excluding hydrogens is 260 g/mol. The van der Waals surface area contributed by atoms with Gasteiger partial charge in [-0.15, -0.1) is 12.4 Å². The van der Waals surface area contributed by atoms with Crippen molar-refractivity contribution in [2.24, 2.45) is 0 Å². The SMILES string of the molecule is Cc1ccc(NC(=O)CCC2CCCN2)c(C)c1.Cl. The molecular formula is C15H23ClN2O. The van der Waals surface area contributed by atoms with E-state index in [1.807, 2.05) is 19.1 Å². The number of carbonyl (C=O) groups excluding carboxylic acids is 1. The molecule has 19 heavy (non-hydrogen) atoms. The quantitative estimate of drug-likeness (QED) is 0.890. The van der Waals surface area contributed by atoms with Crippen LogP contribution in [0, 0.1) is 13.8 Å². The average Bonchev–Trinajstić information content (AvgIpc) is 2.83. The van der Waals surface area contributed by atoms with Gasteiger partial charge >= 0.3 is 0 Å². The number of aryl methyl sites for hydroxylation is 2. The van der Waals surface area contributed by atoms with Crippen LogP contribution in [0.1, 0.15) is 36.8 Å². The standard InChI is InChI=1S/C15H22N2O.ClH/c1-11-5-7-14(12(2)10-11)17-15(18)8-6-13-4-3-9-16-13;/h5,7,10,13,16H,3-4,6,8-9H2,1-2H3,(H,17,18);1H. The van der Waals surface area contributed by atoms with Gasteiger partial charge < -0.3 is 10.6 Å². The fourth-order valence-electron chi connectivity index (χ4n) is 2.47. The molecule has 106 valence electrons. The van der Waals surface area contributed by atoms with E-state index >= 15 is 0 Å². The van der Waals surface area contributed by atoms with Crippen LogP contribution in [0.3, 0.4) is 0 Å². The van der Waals surface area contributed by atoms with Crippen LogP contribution in [0.5, 0.6) is 0 Å². The molecule has 1 atom stereocenters. The Hall–Kier alpha value is -1.06. The summed E-state index contributed by atoms with van der Waals surface area (Å²) in [5.74, 6) is 0.121. The minimum Gasteiger partial charge on any atom is -0.326 e. The largest absolute Gasteiger partial charge is 0.326 e. The summed E-state index contributed by atoms with van der Waals surface area (Å²) < 4.78 is 0. The first-order valence-corrected chi connectivity index (χ1v) is 6.75. The summed E-state index contributed by atoms with van der Waals surface area (Å²) in [6, 6.07) is 6.64. The second kappa shape index (κ2) is 7.51. The highest BCUT2D eigenvalue weighted by atomic mass is 35.5. The summed E-state index contributed by atoms with van der Waals surface area (Å²) in [6.45, 7) is 5.19. The summed E-state index contributed by atoms with van der Waals surface area (Å²) in [5.41, 5.74) is 3.29. The topological polar surface area (TPSA) is 41.1 Å². The Balaban J connectivity index is 0.00000180. The average molecular weight is 283 g/mol. The number of hydrogen-bond donors (Lipinski definition) is 2. The lowest BCUT2D eigenvalue weighted by Crippen LogP contribution is -2.23. The van der Waals surface area contributed by atoms with E-state index in [1.165, 1.54) is 18.4 Å². The number of carbonyl (C=O) groups is 1. The maximum absolute atomic E-state index is 11.9. The van der Waals surface area contributed by atoms with Crippen molar-refractivity contribution in [2.75, 3.05) is 11.9 Å². The molecule has 0 spiro atoms. The van der Waals surface area contributed by atoms with Crippen molar-refractivity contribution in [3.63, 3.8) is 0 Å². The predicted octanol–water partition coefficient (Wildman–Crippen LogP) is 3.20. The van der Waals surface area contributed by atoms with Gasteiger partial charge in [-0.05, 0) is 51.3 Å². The number of benzene rings is 1. The van der Waals surface area contributed by atoms with Crippen molar-refractivity contribution < 1.29 is 4.79 Å². The maximum atomic E-state index is 11.9. The van der Waals surface area contributed by atoms with Crippen LogP contribution in [-0.4, -0.2) is 18.5 Å². The van der Waals surface area contributed by atoms with E-state index < -0.39 is 0 Å². The van der Waals surface area contributed by atoms with E-state index in [0.29, 0.717) is 12.5 Å². The molecule has 4 heteroatoms. The third-order valence-electron chi connectivity index (χ3n) is 3.54. The molecule has 1 saturated heterocycles. The van der Waals surface area contributed by atoms with Crippen molar-refractivity contribution in [1.82, 2.24) is 5.32 Å². The van der Waals surface area contributed by atoms with Crippen molar-refractivity contribution >= 4 is 24.0 Å². The lowest BCUT2D eigenvalue weighted by molar-refractivity contribution is -0.116. The van der Waals surface area contributed by atoms with Crippen LogP contribution in [-0.2, 0) is 4.79 Å². The molecule has 1 aliphatic heterocycles. The first-order valence-electron chi connectivity index (χ1n) is 6.75. The molecule has 0 bridgehead atoms. The van der Waals surface area contributed by atoms with E-state index in [-0.39, 0.29) is 18.3 Å². The third-order valence-corrected chi connectivity index (χ3v) is 3.54. The molecule has 0 aromatic heterocycles. The number of anilines is 1. The van der Waals surface area contributed by atoms with Crippen LogP contribution in [0.4, 0.5) is 5.69 Å². The Labute approximate surface area is 121 Å². The second-order valence-corrected chi connectivity index (χ2v) is 5.20. The molecule has 1 unspecified atom stereocenters. The summed E-state index contributed by atoms with van der Waals surface area (Å²) >= 11 is 0. The molecule has 1 aromatic rings. The molecule has 2 rings (SSSR count). The van der Waals surface area contributed by atoms with E-state index in [1.54, 1.807) is 0 Å².